The van der Waals surface area contributed by atoms with E-state index in [0.717, 1.165) is 30.4 Å². The molecule has 4 nitrogen and oxygen atoms in total. The smallest absolute Gasteiger partial charge is 0.236 e. The van der Waals surface area contributed by atoms with E-state index in [2.05, 4.69) is 15.5 Å². The molecule has 2 rings (SSSR count). The van der Waals surface area contributed by atoms with Crippen molar-refractivity contribution in [3.63, 3.8) is 0 Å². The van der Waals surface area contributed by atoms with Crippen molar-refractivity contribution in [2.24, 2.45) is 0 Å². The van der Waals surface area contributed by atoms with Gasteiger partial charge in [0.1, 0.15) is 0 Å². The number of aromatic nitrogens is 2. The molecule has 2 heterocycles. The summed E-state index contributed by atoms with van der Waals surface area (Å²) in [5.74, 6) is 2.38. The fourth-order valence-electron chi connectivity index (χ4n) is 1.84. The molecule has 1 aliphatic heterocycles. The Hall–Kier alpha value is -0.550. The number of hydrogen-bond acceptors (Lipinski definition) is 5. The zero-order chi connectivity index (χ0) is 10.5. The number of hydrogen-bond donors (Lipinski definition) is 1. The predicted octanol–water partition coefficient (Wildman–Crippen LogP) is 2.14. The van der Waals surface area contributed by atoms with Gasteiger partial charge in [0.25, 0.3) is 0 Å². The number of thioether (sulfide) groups is 1. The summed E-state index contributed by atoms with van der Waals surface area (Å²) in [6.45, 7) is 1.07. The van der Waals surface area contributed by atoms with E-state index in [0.29, 0.717) is 6.04 Å². The third-order valence-electron chi connectivity index (χ3n) is 2.62. The summed E-state index contributed by atoms with van der Waals surface area (Å²) < 4.78 is 5.18. The molecular weight excluding hydrogens is 210 g/mol. The minimum atomic E-state index is 0.298. The molecule has 1 fully saturated rings. The van der Waals surface area contributed by atoms with E-state index in [1.807, 2.05) is 6.26 Å². The second kappa shape index (κ2) is 5.51. The van der Waals surface area contributed by atoms with Gasteiger partial charge in [-0.15, -0.1) is 0 Å². The summed E-state index contributed by atoms with van der Waals surface area (Å²) >= 11 is 1.70. The van der Waals surface area contributed by atoms with Crippen LogP contribution in [0.5, 0.6) is 0 Å². The lowest BCUT2D eigenvalue weighted by molar-refractivity contribution is 0.373. The molecule has 1 saturated heterocycles. The molecule has 5 heteroatoms. The highest BCUT2D eigenvalue weighted by molar-refractivity contribution is 7.97. The van der Waals surface area contributed by atoms with Crippen LogP contribution in [0.2, 0.25) is 0 Å². The van der Waals surface area contributed by atoms with Gasteiger partial charge in [-0.05, 0) is 25.6 Å². The Morgan fingerprint density at radius 2 is 2.40 bits per heavy atom. The van der Waals surface area contributed by atoms with E-state index >= 15 is 0 Å². The summed E-state index contributed by atoms with van der Waals surface area (Å²) in [4.78, 5) is 4.40. The van der Waals surface area contributed by atoms with Crippen LogP contribution in [0.4, 0.5) is 0 Å². The fourth-order valence-corrected chi connectivity index (χ4v) is 2.20. The van der Waals surface area contributed by atoms with E-state index in [-0.39, 0.29) is 0 Å². The molecule has 0 aliphatic carbocycles. The van der Waals surface area contributed by atoms with Crippen LogP contribution in [-0.4, -0.2) is 22.9 Å². The molecule has 0 spiro atoms. The molecule has 15 heavy (non-hydrogen) atoms. The predicted molar refractivity (Wildman–Crippen MR) is 60.7 cm³/mol. The van der Waals surface area contributed by atoms with Crippen molar-refractivity contribution in [3.8, 4) is 0 Å². The van der Waals surface area contributed by atoms with Crippen LogP contribution in [0.15, 0.2) is 4.52 Å². The van der Waals surface area contributed by atoms with E-state index in [1.54, 1.807) is 11.8 Å². The summed E-state index contributed by atoms with van der Waals surface area (Å²) in [6, 6.07) is 0.298. The van der Waals surface area contributed by atoms with Crippen LogP contribution in [-0.2, 0) is 5.75 Å². The van der Waals surface area contributed by atoms with Crippen LogP contribution >= 0.6 is 11.8 Å². The number of nitrogens with zero attached hydrogens (tertiary/aromatic N) is 2. The molecule has 0 aromatic carbocycles. The number of nitrogens with one attached hydrogen (secondary N) is 1. The minimum Gasteiger partial charge on any atom is -0.338 e. The standard InChI is InChI=1S/C10H17N3OS/c1-15-7-9-12-10(13-14-9)8-5-3-2-4-6-11-8/h8,11H,2-7H2,1H3. The van der Waals surface area contributed by atoms with Crippen LogP contribution in [0.3, 0.4) is 0 Å². The molecule has 0 amide bonds. The summed E-state index contributed by atoms with van der Waals surface area (Å²) in [6.07, 6.45) is 6.97. The largest absolute Gasteiger partial charge is 0.338 e. The third-order valence-corrected chi connectivity index (χ3v) is 3.16. The van der Waals surface area contributed by atoms with E-state index in [1.165, 1.54) is 19.3 Å². The molecule has 1 unspecified atom stereocenters. The molecule has 1 N–H and O–H groups in total. The van der Waals surface area contributed by atoms with Crippen molar-refractivity contribution in [2.45, 2.75) is 37.5 Å². The Bertz CT molecular complexity index is 295. The molecule has 1 aromatic rings. The van der Waals surface area contributed by atoms with Gasteiger partial charge in [-0.2, -0.15) is 16.7 Å². The zero-order valence-electron chi connectivity index (χ0n) is 9.03. The lowest BCUT2D eigenvalue weighted by atomic mass is 10.1. The van der Waals surface area contributed by atoms with Gasteiger partial charge < -0.3 is 9.84 Å². The average molecular weight is 227 g/mol. The second-order valence-electron chi connectivity index (χ2n) is 3.84. The normalized spacial score (nSPS) is 22.6. The van der Waals surface area contributed by atoms with Gasteiger partial charge >= 0.3 is 0 Å². The molecule has 1 atom stereocenters. The maximum Gasteiger partial charge on any atom is 0.236 e. The van der Waals surface area contributed by atoms with Crippen LogP contribution in [0.1, 0.15) is 43.4 Å². The van der Waals surface area contributed by atoms with Crippen LogP contribution in [0, 0.1) is 0 Å². The molecule has 0 saturated carbocycles. The maximum atomic E-state index is 5.18. The Kier molecular flexibility index (Phi) is 4.02. The first-order valence-corrected chi connectivity index (χ1v) is 6.84. The molecular formula is C10H17N3OS. The van der Waals surface area contributed by atoms with Gasteiger partial charge in [0.15, 0.2) is 5.82 Å². The van der Waals surface area contributed by atoms with E-state index < -0.39 is 0 Å². The van der Waals surface area contributed by atoms with Gasteiger partial charge in [-0.1, -0.05) is 18.0 Å². The lowest BCUT2D eigenvalue weighted by Gasteiger charge is -2.09. The van der Waals surface area contributed by atoms with Crippen molar-refractivity contribution in [1.29, 1.82) is 0 Å². The van der Waals surface area contributed by atoms with Gasteiger partial charge in [0, 0.05) is 0 Å². The van der Waals surface area contributed by atoms with Crippen molar-refractivity contribution < 1.29 is 4.52 Å². The third kappa shape index (κ3) is 2.95. The highest BCUT2D eigenvalue weighted by atomic mass is 32.2. The molecule has 0 bridgehead atoms. The molecule has 0 radical (unpaired) electrons. The van der Waals surface area contributed by atoms with E-state index in [9.17, 15) is 0 Å². The summed E-state index contributed by atoms with van der Waals surface area (Å²) in [5.41, 5.74) is 0. The maximum absolute atomic E-state index is 5.18. The lowest BCUT2D eigenvalue weighted by Crippen LogP contribution is -2.21. The first-order chi connectivity index (χ1) is 7.40. The SMILES string of the molecule is CSCc1nc(C2CCCCCN2)no1. The zero-order valence-corrected chi connectivity index (χ0v) is 9.85. The van der Waals surface area contributed by atoms with Crippen molar-refractivity contribution >= 4 is 11.8 Å². The first-order valence-electron chi connectivity index (χ1n) is 5.45. The van der Waals surface area contributed by atoms with Gasteiger partial charge in [-0.3, -0.25) is 0 Å². The Morgan fingerprint density at radius 3 is 3.27 bits per heavy atom. The van der Waals surface area contributed by atoms with Gasteiger partial charge in [0.2, 0.25) is 5.89 Å². The first kappa shape index (κ1) is 11.0. The topological polar surface area (TPSA) is 51.0 Å². The highest BCUT2D eigenvalue weighted by Crippen LogP contribution is 2.20. The van der Waals surface area contributed by atoms with Gasteiger partial charge in [0.05, 0.1) is 11.8 Å². The van der Waals surface area contributed by atoms with Crippen LogP contribution < -0.4 is 5.32 Å². The van der Waals surface area contributed by atoms with Crippen molar-refractivity contribution in [3.05, 3.63) is 11.7 Å². The Morgan fingerprint density at radius 1 is 1.47 bits per heavy atom. The highest BCUT2D eigenvalue weighted by Gasteiger charge is 2.18. The quantitative estimate of drug-likeness (QED) is 0.857. The summed E-state index contributed by atoms with van der Waals surface area (Å²) in [5, 5.41) is 7.50. The van der Waals surface area contributed by atoms with Crippen molar-refractivity contribution in [1.82, 2.24) is 15.5 Å². The van der Waals surface area contributed by atoms with E-state index in [4.69, 9.17) is 4.52 Å². The Labute approximate surface area is 94.2 Å². The molecule has 1 aromatic heterocycles. The van der Waals surface area contributed by atoms with Crippen LogP contribution in [0.25, 0.3) is 0 Å². The second-order valence-corrected chi connectivity index (χ2v) is 4.70. The van der Waals surface area contributed by atoms with Crippen molar-refractivity contribution in [2.75, 3.05) is 12.8 Å². The Balaban J connectivity index is 2.00. The van der Waals surface area contributed by atoms with Gasteiger partial charge in [-0.25, -0.2) is 0 Å². The summed E-state index contributed by atoms with van der Waals surface area (Å²) in [7, 11) is 0. The average Bonchev–Trinajstić information content (AvgIpc) is 2.53. The molecule has 84 valence electrons. The fraction of sp³-hybridized carbons (Fsp3) is 0.800. The molecule has 1 aliphatic rings. The number of rotatable bonds is 3. The minimum absolute atomic E-state index is 0.298. The monoisotopic (exact) mass is 227 g/mol.